The highest BCUT2D eigenvalue weighted by atomic mass is 35.5. The van der Waals surface area contributed by atoms with Crippen LogP contribution >= 0.6 is 22.9 Å². The molecule has 6 heteroatoms. The van der Waals surface area contributed by atoms with Gasteiger partial charge in [0.15, 0.2) is 6.10 Å². The van der Waals surface area contributed by atoms with Crippen LogP contribution in [0.5, 0.6) is 5.75 Å². The maximum Gasteiger partial charge on any atom is 0.257 e. The van der Waals surface area contributed by atoms with Crippen LogP contribution < -0.4 is 4.74 Å². The predicted molar refractivity (Wildman–Crippen MR) is 78.1 cm³/mol. The molecular weight excluding hydrogens is 296 g/mol. The van der Waals surface area contributed by atoms with Gasteiger partial charge in [-0.3, -0.25) is 0 Å². The van der Waals surface area contributed by atoms with Crippen molar-refractivity contribution in [2.24, 2.45) is 0 Å². The predicted octanol–water partition coefficient (Wildman–Crippen LogP) is 4.59. The minimum Gasteiger partial charge on any atom is -0.479 e. The van der Waals surface area contributed by atoms with E-state index >= 15 is 0 Å². The van der Waals surface area contributed by atoms with E-state index in [2.05, 4.69) is 10.2 Å². The first-order valence-electron chi connectivity index (χ1n) is 6.02. The minimum atomic E-state index is -0.365. The lowest BCUT2D eigenvalue weighted by molar-refractivity contribution is 0.190. The molecule has 0 saturated heterocycles. The molecule has 20 heavy (non-hydrogen) atoms. The first-order valence-corrected chi connectivity index (χ1v) is 7.28. The fourth-order valence-corrected chi connectivity index (χ4v) is 2.50. The minimum absolute atomic E-state index is 0.365. The molecule has 0 spiro atoms. The summed E-state index contributed by atoms with van der Waals surface area (Å²) in [5.74, 6) is 1.52. The van der Waals surface area contributed by atoms with Gasteiger partial charge < -0.3 is 9.15 Å². The summed E-state index contributed by atoms with van der Waals surface area (Å²) in [4.78, 5) is 0.939. The monoisotopic (exact) mass is 306 g/mol. The highest BCUT2D eigenvalue weighted by Gasteiger charge is 2.17. The molecule has 3 rings (SSSR count). The molecule has 102 valence electrons. The molecule has 2 heterocycles. The first kappa shape index (κ1) is 13.1. The van der Waals surface area contributed by atoms with Crippen molar-refractivity contribution in [1.82, 2.24) is 10.2 Å². The second-order valence-electron chi connectivity index (χ2n) is 4.11. The smallest absolute Gasteiger partial charge is 0.257 e. The Kier molecular flexibility index (Phi) is 3.71. The Morgan fingerprint density at radius 3 is 2.80 bits per heavy atom. The molecule has 0 radical (unpaired) electrons. The third-order valence-corrected chi connectivity index (χ3v) is 3.83. The van der Waals surface area contributed by atoms with E-state index in [1.54, 1.807) is 23.5 Å². The fraction of sp³-hybridized carbons (Fsp3) is 0.143. The van der Waals surface area contributed by atoms with Gasteiger partial charge in [0.05, 0.1) is 9.90 Å². The molecule has 3 aromatic rings. The fourth-order valence-electron chi connectivity index (χ4n) is 1.68. The molecule has 4 nitrogen and oxygen atoms in total. The summed E-state index contributed by atoms with van der Waals surface area (Å²) in [5, 5.41) is 10.6. The van der Waals surface area contributed by atoms with Gasteiger partial charge in [-0.15, -0.1) is 21.5 Å². The van der Waals surface area contributed by atoms with Crippen molar-refractivity contribution < 1.29 is 9.15 Å². The SMILES string of the molecule is C[C@@H](Oc1ccccc1Cl)c1nnc(-c2cccs2)o1. The van der Waals surface area contributed by atoms with Crippen molar-refractivity contribution in [3.8, 4) is 16.5 Å². The second kappa shape index (κ2) is 5.64. The number of benzene rings is 1. The number of rotatable bonds is 4. The molecule has 0 aliphatic carbocycles. The molecular formula is C14H11ClN2O2S. The second-order valence-corrected chi connectivity index (χ2v) is 5.47. The van der Waals surface area contributed by atoms with E-state index in [1.165, 1.54) is 0 Å². The molecule has 0 unspecified atom stereocenters. The highest BCUT2D eigenvalue weighted by Crippen LogP contribution is 2.30. The Morgan fingerprint density at radius 2 is 2.05 bits per heavy atom. The van der Waals surface area contributed by atoms with Crippen molar-refractivity contribution in [3.63, 3.8) is 0 Å². The van der Waals surface area contributed by atoms with E-state index in [-0.39, 0.29) is 6.10 Å². The van der Waals surface area contributed by atoms with Crippen LogP contribution in [0.1, 0.15) is 18.9 Å². The maximum absolute atomic E-state index is 6.05. The summed E-state index contributed by atoms with van der Waals surface area (Å²) in [5.41, 5.74) is 0. The zero-order valence-corrected chi connectivity index (χ0v) is 12.2. The zero-order valence-electron chi connectivity index (χ0n) is 10.6. The highest BCUT2D eigenvalue weighted by molar-refractivity contribution is 7.13. The summed E-state index contributed by atoms with van der Waals surface area (Å²) in [6.45, 7) is 1.84. The molecule has 0 fully saturated rings. The van der Waals surface area contributed by atoms with Crippen molar-refractivity contribution in [2.75, 3.05) is 0 Å². The first-order chi connectivity index (χ1) is 9.74. The van der Waals surface area contributed by atoms with Crippen molar-refractivity contribution in [2.45, 2.75) is 13.0 Å². The van der Waals surface area contributed by atoms with Gasteiger partial charge in [-0.25, -0.2) is 0 Å². The molecule has 0 saturated carbocycles. The van der Waals surface area contributed by atoms with Crippen LogP contribution in [-0.4, -0.2) is 10.2 Å². The van der Waals surface area contributed by atoms with Gasteiger partial charge in [-0.1, -0.05) is 29.8 Å². The lowest BCUT2D eigenvalue weighted by Gasteiger charge is -2.11. The van der Waals surface area contributed by atoms with Crippen molar-refractivity contribution in [3.05, 3.63) is 52.7 Å². The molecule has 2 aromatic heterocycles. The summed E-state index contributed by atoms with van der Waals surface area (Å²) >= 11 is 7.60. The molecule has 0 bridgehead atoms. The Balaban J connectivity index is 1.78. The summed E-state index contributed by atoms with van der Waals surface area (Å²) < 4.78 is 11.4. The zero-order chi connectivity index (χ0) is 13.9. The molecule has 0 N–H and O–H groups in total. The van der Waals surface area contributed by atoms with E-state index < -0.39 is 0 Å². The number of para-hydroxylation sites is 1. The molecule has 0 aliphatic heterocycles. The largest absolute Gasteiger partial charge is 0.479 e. The van der Waals surface area contributed by atoms with Crippen LogP contribution in [0.4, 0.5) is 0 Å². The third-order valence-electron chi connectivity index (χ3n) is 2.66. The Morgan fingerprint density at radius 1 is 1.20 bits per heavy atom. The summed E-state index contributed by atoms with van der Waals surface area (Å²) in [6.07, 6.45) is -0.365. The Bertz CT molecular complexity index is 697. The number of thiophene rings is 1. The number of nitrogens with zero attached hydrogens (tertiary/aromatic N) is 2. The van der Waals surface area contributed by atoms with Gasteiger partial charge in [0.2, 0.25) is 0 Å². The average molecular weight is 307 g/mol. The quantitative estimate of drug-likeness (QED) is 0.707. The summed E-state index contributed by atoms with van der Waals surface area (Å²) in [6, 6.07) is 11.2. The van der Waals surface area contributed by atoms with Gasteiger partial charge in [-0.2, -0.15) is 0 Å². The van der Waals surface area contributed by atoms with Gasteiger partial charge in [0.25, 0.3) is 11.8 Å². The van der Waals surface area contributed by atoms with Gasteiger partial charge >= 0.3 is 0 Å². The van der Waals surface area contributed by atoms with Gasteiger partial charge in [-0.05, 0) is 30.5 Å². The van der Waals surface area contributed by atoms with Crippen LogP contribution in [0.3, 0.4) is 0 Å². The summed E-state index contributed by atoms with van der Waals surface area (Å²) in [7, 11) is 0. The van der Waals surface area contributed by atoms with E-state index in [1.807, 2.05) is 36.6 Å². The van der Waals surface area contributed by atoms with Crippen LogP contribution in [0.15, 0.2) is 46.2 Å². The molecule has 1 aromatic carbocycles. The average Bonchev–Trinajstić information content (AvgIpc) is 3.11. The number of hydrogen-bond acceptors (Lipinski definition) is 5. The molecule has 1 atom stereocenters. The van der Waals surface area contributed by atoms with Gasteiger partial charge in [0, 0.05) is 0 Å². The number of ether oxygens (including phenoxy) is 1. The van der Waals surface area contributed by atoms with Crippen molar-refractivity contribution in [1.29, 1.82) is 0 Å². The van der Waals surface area contributed by atoms with Gasteiger partial charge in [0.1, 0.15) is 5.75 Å². The van der Waals surface area contributed by atoms with E-state index in [9.17, 15) is 0 Å². The lowest BCUT2D eigenvalue weighted by Crippen LogP contribution is -2.03. The molecule has 0 amide bonds. The van der Waals surface area contributed by atoms with E-state index in [4.69, 9.17) is 20.8 Å². The lowest BCUT2D eigenvalue weighted by atomic mass is 10.3. The number of aromatic nitrogens is 2. The Labute approximate surface area is 125 Å². The Hall–Kier alpha value is -1.85. The topological polar surface area (TPSA) is 48.2 Å². The van der Waals surface area contributed by atoms with Crippen LogP contribution in [0, 0.1) is 0 Å². The van der Waals surface area contributed by atoms with Crippen LogP contribution in [0.25, 0.3) is 10.8 Å². The maximum atomic E-state index is 6.05. The number of halogens is 1. The molecule has 0 aliphatic rings. The standard InChI is InChI=1S/C14H11ClN2O2S/c1-9(18-11-6-3-2-5-10(11)15)13-16-17-14(19-13)12-7-4-8-20-12/h2-9H,1H3/t9-/m1/s1. The van der Waals surface area contributed by atoms with Crippen LogP contribution in [-0.2, 0) is 0 Å². The number of hydrogen-bond donors (Lipinski definition) is 0. The van der Waals surface area contributed by atoms with Crippen molar-refractivity contribution >= 4 is 22.9 Å². The van der Waals surface area contributed by atoms with Crippen LogP contribution in [0.2, 0.25) is 5.02 Å². The third kappa shape index (κ3) is 2.69. The van der Waals surface area contributed by atoms with E-state index in [0.717, 1.165) is 4.88 Å². The normalized spacial score (nSPS) is 12.3. The van der Waals surface area contributed by atoms with E-state index in [0.29, 0.717) is 22.6 Å².